The predicted octanol–water partition coefficient (Wildman–Crippen LogP) is 1.36. The van der Waals surface area contributed by atoms with E-state index < -0.39 is 0 Å². The fraction of sp³-hybridized carbons (Fsp3) is 0.417. The fourth-order valence-corrected chi connectivity index (χ4v) is 2.06. The van der Waals surface area contributed by atoms with Crippen LogP contribution in [0.2, 0.25) is 0 Å². The molecule has 1 aliphatic heterocycles. The van der Waals surface area contributed by atoms with Gasteiger partial charge in [-0.25, -0.2) is 4.98 Å². The third-order valence-electron chi connectivity index (χ3n) is 2.88. The van der Waals surface area contributed by atoms with Crippen LogP contribution in [-0.4, -0.2) is 30.8 Å². The number of hydrogen-bond donors (Lipinski definition) is 1. The molecule has 3 rings (SSSR count). The number of fused-ring (bicyclic) bond motifs is 1. The van der Waals surface area contributed by atoms with Crippen LogP contribution in [-0.2, 0) is 11.2 Å². The summed E-state index contributed by atoms with van der Waals surface area (Å²) in [6, 6.07) is 6.56. The molecule has 0 spiro atoms. The zero-order valence-corrected chi connectivity index (χ0v) is 8.98. The van der Waals surface area contributed by atoms with Crippen molar-refractivity contribution in [2.45, 2.75) is 12.5 Å². The Labute approximate surface area is 93.6 Å². The second-order valence-corrected chi connectivity index (χ2v) is 4.08. The Morgan fingerprint density at radius 2 is 2.44 bits per heavy atom. The number of oxazole rings is 1. The van der Waals surface area contributed by atoms with E-state index in [2.05, 4.69) is 22.4 Å². The van der Waals surface area contributed by atoms with Gasteiger partial charge in [-0.1, -0.05) is 6.07 Å². The van der Waals surface area contributed by atoms with Crippen LogP contribution in [0.4, 0.5) is 0 Å². The molecular formula is C12H14N2O2. The zero-order valence-electron chi connectivity index (χ0n) is 8.98. The normalized spacial score (nSPS) is 21.4. The molecule has 1 saturated heterocycles. The number of rotatable bonds is 2. The summed E-state index contributed by atoms with van der Waals surface area (Å²) in [5.41, 5.74) is 3.03. The maximum Gasteiger partial charge on any atom is 0.181 e. The quantitative estimate of drug-likeness (QED) is 0.826. The topological polar surface area (TPSA) is 47.3 Å². The lowest BCUT2D eigenvalue weighted by atomic mass is 10.1. The maximum absolute atomic E-state index is 5.43. The van der Waals surface area contributed by atoms with Gasteiger partial charge in [0.2, 0.25) is 0 Å². The highest BCUT2D eigenvalue weighted by molar-refractivity contribution is 5.72. The van der Waals surface area contributed by atoms with E-state index in [1.54, 1.807) is 0 Å². The van der Waals surface area contributed by atoms with Crippen molar-refractivity contribution < 1.29 is 9.15 Å². The van der Waals surface area contributed by atoms with Gasteiger partial charge in [0.25, 0.3) is 0 Å². The molecule has 1 atom stereocenters. The van der Waals surface area contributed by atoms with E-state index in [4.69, 9.17) is 9.15 Å². The van der Waals surface area contributed by atoms with Crippen molar-refractivity contribution in [2.75, 3.05) is 19.8 Å². The van der Waals surface area contributed by atoms with E-state index in [9.17, 15) is 0 Å². The molecule has 4 nitrogen and oxygen atoms in total. The minimum atomic E-state index is 0.411. The van der Waals surface area contributed by atoms with Gasteiger partial charge < -0.3 is 14.5 Å². The SMILES string of the molecule is c1nc2ccc(CC3COCCN3)cc2o1. The minimum absolute atomic E-state index is 0.411. The summed E-state index contributed by atoms with van der Waals surface area (Å²) in [6.07, 6.45) is 2.45. The number of ether oxygens (including phenoxy) is 1. The molecule has 2 aromatic rings. The first kappa shape index (κ1) is 9.81. The average molecular weight is 218 g/mol. The largest absolute Gasteiger partial charge is 0.443 e. The molecule has 2 heterocycles. The third kappa shape index (κ3) is 1.94. The highest BCUT2D eigenvalue weighted by atomic mass is 16.5. The molecule has 1 fully saturated rings. The molecule has 0 saturated carbocycles. The molecular weight excluding hydrogens is 204 g/mol. The van der Waals surface area contributed by atoms with Crippen molar-refractivity contribution in [2.24, 2.45) is 0 Å². The van der Waals surface area contributed by atoms with Crippen molar-refractivity contribution in [3.05, 3.63) is 30.2 Å². The van der Waals surface area contributed by atoms with Crippen molar-refractivity contribution >= 4 is 11.1 Å². The van der Waals surface area contributed by atoms with Crippen molar-refractivity contribution in [3.63, 3.8) is 0 Å². The fourth-order valence-electron chi connectivity index (χ4n) is 2.06. The molecule has 16 heavy (non-hydrogen) atoms. The van der Waals surface area contributed by atoms with Crippen LogP contribution in [0, 0.1) is 0 Å². The smallest absolute Gasteiger partial charge is 0.181 e. The van der Waals surface area contributed by atoms with E-state index in [-0.39, 0.29) is 0 Å². The number of nitrogens with zero attached hydrogens (tertiary/aromatic N) is 1. The van der Waals surface area contributed by atoms with E-state index in [1.165, 1.54) is 12.0 Å². The summed E-state index contributed by atoms with van der Waals surface area (Å²) in [5, 5.41) is 3.44. The van der Waals surface area contributed by atoms with Gasteiger partial charge in [-0.3, -0.25) is 0 Å². The summed E-state index contributed by atoms with van der Waals surface area (Å²) in [6.45, 7) is 2.54. The first-order chi connectivity index (χ1) is 7.92. The zero-order chi connectivity index (χ0) is 10.8. The lowest BCUT2D eigenvalue weighted by molar-refractivity contribution is 0.0770. The van der Waals surface area contributed by atoms with Crippen LogP contribution < -0.4 is 5.32 Å². The van der Waals surface area contributed by atoms with Crippen LogP contribution >= 0.6 is 0 Å². The predicted molar refractivity (Wildman–Crippen MR) is 60.3 cm³/mol. The van der Waals surface area contributed by atoms with E-state index in [1.807, 2.05) is 6.07 Å². The van der Waals surface area contributed by atoms with Crippen LogP contribution in [0.1, 0.15) is 5.56 Å². The van der Waals surface area contributed by atoms with Gasteiger partial charge >= 0.3 is 0 Å². The van der Waals surface area contributed by atoms with Crippen molar-refractivity contribution in [1.29, 1.82) is 0 Å². The molecule has 1 aromatic carbocycles. The highest BCUT2D eigenvalue weighted by Crippen LogP contribution is 2.15. The molecule has 0 radical (unpaired) electrons. The molecule has 0 aliphatic carbocycles. The number of aromatic nitrogens is 1. The highest BCUT2D eigenvalue weighted by Gasteiger charge is 2.13. The second kappa shape index (κ2) is 4.23. The average Bonchev–Trinajstić information content (AvgIpc) is 2.77. The first-order valence-corrected chi connectivity index (χ1v) is 5.55. The Morgan fingerprint density at radius 3 is 3.31 bits per heavy atom. The number of morpholine rings is 1. The summed E-state index contributed by atoms with van der Waals surface area (Å²) in [5.74, 6) is 0. The Morgan fingerprint density at radius 1 is 1.44 bits per heavy atom. The van der Waals surface area contributed by atoms with E-state index >= 15 is 0 Å². The summed E-state index contributed by atoms with van der Waals surface area (Å²) in [4.78, 5) is 4.10. The maximum atomic E-state index is 5.43. The molecule has 0 bridgehead atoms. The van der Waals surface area contributed by atoms with Crippen molar-refractivity contribution in [3.8, 4) is 0 Å². The van der Waals surface area contributed by atoms with Gasteiger partial charge in [0.05, 0.1) is 13.2 Å². The minimum Gasteiger partial charge on any atom is -0.443 e. The molecule has 1 N–H and O–H groups in total. The summed E-state index contributed by atoms with van der Waals surface area (Å²) >= 11 is 0. The summed E-state index contributed by atoms with van der Waals surface area (Å²) < 4.78 is 10.7. The Hall–Kier alpha value is -1.39. The lowest BCUT2D eigenvalue weighted by Crippen LogP contribution is -2.42. The van der Waals surface area contributed by atoms with Crippen LogP contribution in [0.3, 0.4) is 0 Å². The first-order valence-electron chi connectivity index (χ1n) is 5.55. The third-order valence-corrected chi connectivity index (χ3v) is 2.88. The molecule has 1 unspecified atom stereocenters. The molecule has 4 heteroatoms. The van der Waals surface area contributed by atoms with Gasteiger partial charge in [-0.05, 0) is 24.1 Å². The Kier molecular flexibility index (Phi) is 2.60. The monoisotopic (exact) mass is 218 g/mol. The van der Waals surface area contributed by atoms with Crippen molar-refractivity contribution in [1.82, 2.24) is 10.3 Å². The van der Waals surface area contributed by atoms with Crippen LogP contribution in [0.25, 0.3) is 11.1 Å². The van der Waals surface area contributed by atoms with Gasteiger partial charge in [0.1, 0.15) is 5.52 Å². The molecule has 1 aliphatic rings. The Bertz CT molecular complexity index is 475. The van der Waals surface area contributed by atoms with Crippen LogP contribution in [0.15, 0.2) is 29.0 Å². The number of hydrogen-bond acceptors (Lipinski definition) is 4. The standard InChI is InChI=1S/C12H14N2O2/c1-2-11-12(16-8-14-11)6-9(1)5-10-7-15-4-3-13-10/h1-2,6,8,10,13H,3-5,7H2. The van der Waals surface area contributed by atoms with Gasteiger partial charge in [-0.15, -0.1) is 0 Å². The summed E-state index contributed by atoms with van der Waals surface area (Å²) in [7, 11) is 0. The van der Waals surface area contributed by atoms with Crippen LogP contribution in [0.5, 0.6) is 0 Å². The Balaban J connectivity index is 1.77. The second-order valence-electron chi connectivity index (χ2n) is 4.08. The van der Waals surface area contributed by atoms with Gasteiger partial charge in [-0.2, -0.15) is 0 Å². The molecule has 84 valence electrons. The van der Waals surface area contributed by atoms with Gasteiger partial charge in [0, 0.05) is 12.6 Å². The van der Waals surface area contributed by atoms with Gasteiger partial charge in [0.15, 0.2) is 12.0 Å². The van der Waals surface area contributed by atoms with E-state index in [0.29, 0.717) is 6.04 Å². The lowest BCUT2D eigenvalue weighted by Gasteiger charge is -2.23. The molecule has 0 amide bonds. The number of benzene rings is 1. The number of nitrogens with one attached hydrogen (secondary N) is 1. The van der Waals surface area contributed by atoms with E-state index in [0.717, 1.165) is 37.3 Å². The molecule has 1 aromatic heterocycles.